The maximum Gasteiger partial charge on any atom is 0.264 e. The quantitative estimate of drug-likeness (QED) is 0.137. The minimum Gasteiger partial charge on any atom is -0.267 e. The van der Waals surface area contributed by atoms with Crippen molar-refractivity contribution in [2.24, 2.45) is 0 Å². The molecule has 0 heterocycles. The van der Waals surface area contributed by atoms with Crippen LogP contribution in [0.1, 0.15) is 0 Å². The van der Waals surface area contributed by atoms with E-state index in [1.54, 1.807) is 0 Å². The second-order valence-electron chi connectivity index (χ2n) is 7.18. The molecule has 0 aliphatic heterocycles. The molecule has 0 saturated carbocycles. The molecular weight excluding hydrogens is 625 g/mol. The SMILES string of the molecule is CS(=O)(=O)OC[C@H](OS(C)(=O)=O)[C@H](OS(C)(=O)=O)[C@H](OS(C)(=O)=O)[C@H](COS(C)(=O)=O)OS(C)(=O)=O. The van der Waals surface area contributed by atoms with Gasteiger partial charge < -0.3 is 0 Å². The third kappa shape index (κ3) is 18.7. The number of hydrogen-bond acceptors (Lipinski definition) is 18. The van der Waals surface area contributed by atoms with Crippen LogP contribution in [-0.4, -0.2) is 126 Å². The molecule has 0 aromatic carbocycles. The number of rotatable bonds is 17. The van der Waals surface area contributed by atoms with Gasteiger partial charge in [0, 0.05) is 0 Å². The first kappa shape index (κ1) is 35.5. The molecule has 0 rings (SSSR count). The van der Waals surface area contributed by atoms with Crippen LogP contribution in [0.4, 0.5) is 0 Å². The largest absolute Gasteiger partial charge is 0.267 e. The Labute approximate surface area is 210 Å². The van der Waals surface area contributed by atoms with Crippen molar-refractivity contribution in [2.75, 3.05) is 50.7 Å². The molecule has 0 aliphatic carbocycles. The summed E-state index contributed by atoms with van der Waals surface area (Å²) < 4.78 is 168. The maximum atomic E-state index is 11.9. The van der Waals surface area contributed by atoms with Gasteiger partial charge in [-0.2, -0.15) is 50.5 Å². The molecule has 0 aromatic heterocycles. The summed E-state index contributed by atoms with van der Waals surface area (Å²) in [7, 11) is -27.4. The Morgan fingerprint density at radius 1 is 0.389 bits per heavy atom. The van der Waals surface area contributed by atoms with E-state index >= 15 is 0 Å². The van der Waals surface area contributed by atoms with Crippen molar-refractivity contribution < 1.29 is 75.6 Å². The van der Waals surface area contributed by atoms with E-state index in [4.69, 9.17) is 0 Å². The Kier molecular flexibility index (Phi) is 12.4. The van der Waals surface area contributed by atoms with Crippen molar-refractivity contribution in [3.63, 3.8) is 0 Å². The topological polar surface area (TPSA) is 260 Å². The molecule has 0 unspecified atom stereocenters. The zero-order valence-electron chi connectivity index (χ0n) is 19.5. The van der Waals surface area contributed by atoms with E-state index in [-0.39, 0.29) is 0 Å². The Balaban J connectivity index is 7.12. The summed E-state index contributed by atoms with van der Waals surface area (Å²) in [4.78, 5) is 0. The lowest BCUT2D eigenvalue weighted by molar-refractivity contribution is -0.0753. The fraction of sp³-hybridized carbons (Fsp3) is 1.00. The highest BCUT2D eigenvalue weighted by atomic mass is 32.2. The Bertz CT molecular complexity index is 1280. The molecule has 218 valence electrons. The first-order valence-corrected chi connectivity index (χ1v) is 19.7. The van der Waals surface area contributed by atoms with E-state index in [1.807, 2.05) is 0 Å². The van der Waals surface area contributed by atoms with Crippen LogP contribution < -0.4 is 0 Å². The molecule has 0 radical (unpaired) electrons. The predicted molar refractivity (Wildman–Crippen MR) is 120 cm³/mol. The summed E-state index contributed by atoms with van der Waals surface area (Å²) in [6, 6.07) is 0. The molecular formula is C12H26O18S6. The van der Waals surface area contributed by atoms with Gasteiger partial charge in [-0.1, -0.05) is 0 Å². The van der Waals surface area contributed by atoms with Gasteiger partial charge in [0.2, 0.25) is 0 Å². The van der Waals surface area contributed by atoms with Gasteiger partial charge in [0.05, 0.1) is 50.7 Å². The van der Waals surface area contributed by atoms with Gasteiger partial charge in [-0.25, -0.2) is 0 Å². The second-order valence-corrected chi connectivity index (χ2v) is 16.9. The highest BCUT2D eigenvalue weighted by Gasteiger charge is 2.46. The van der Waals surface area contributed by atoms with E-state index in [1.165, 1.54) is 0 Å². The van der Waals surface area contributed by atoms with Crippen molar-refractivity contribution in [3.8, 4) is 0 Å². The van der Waals surface area contributed by atoms with Crippen molar-refractivity contribution >= 4 is 60.7 Å². The van der Waals surface area contributed by atoms with Gasteiger partial charge >= 0.3 is 0 Å². The lowest BCUT2D eigenvalue weighted by Crippen LogP contribution is -2.54. The van der Waals surface area contributed by atoms with Gasteiger partial charge in [-0.05, 0) is 0 Å². The molecule has 4 atom stereocenters. The van der Waals surface area contributed by atoms with Crippen molar-refractivity contribution in [2.45, 2.75) is 24.4 Å². The summed E-state index contributed by atoms with van der Waals surface area (Å²) in [5.41, 5.74) is 0. The fourth-order valence-corrected chi connectivity index (χ4v) is 5.51. The third-order valence-corrected chi connectivity index (χ3v) is 6.58. The highest BCUT2D eigenvalue weighted by molar-refractivity contribution is 7.87. The first-order chi connectivity index (χ1) is 15.6. The zero-order valence-corrected chi connectivity index (χ0v) is 24.4. The number of hydrogen-bond donors (Lipinski definition) is 0. The van der Waals surface area contributed by atoms with Crippen LogP contribution in [0, 0.1) is 0 Å². The lowest BCUT2D eigenvalue weighted by atomic mass is 10.0. The lowest BCUT2D eigenvalue weighted by Gasteiger charge is -2.34. The Hall–Kier alpha value is -0.540. The molecule has 0 bridgehead atoms. The molecule has 0 N–H and O–H groups in total. The van der Waals surface area contributed by atoms with Crippen LogP contribution in [0.2, 0.25) is 0 Å². The monoisotopic (exact) mass is 650 g/mol. The predicted octanol–water partition coefficient (Wildman–Crippen LogP) is -3.68. The van der Waals surface area contributed by atoms with E-state index < -0.39 is 98.3 Å². The molecule has 0 saturated heterocycles. The standard InChI is InChI=1S/C12H26O18S6/c1-31(13,14)25-7-9(27-33(3,17)18)11(29-35(5,21)22)12(30-36(6,23)24)10(28-34(4,19)20)8-26-32(2,15)16/h9-12H,7-8H2,1-6H3/t9-,10-,11-,12+/m0/s1. The van der Waals surface area contributed by atoms with Crippen molar-refractivity contribution in [3.05, 3.63) is 0 Å². The summed E-state index contributed by atoms with van der Waals surface area (Å²) >= 11 is 0. The normalized spacial score (nSPS) is 17.8. The fourth-order valence-electron chi connectivity index (χ4n) is 2.25. The molecule has 0 spiro atoms. The summed E-state index contributed by atoms with van der Waals surface area (Å²) in [5.74, 6) is 0. The smallest absolute Gasteiger partial charge is 0.264 e. The molecule has 24 heteroatoms. The molecule has 0 aliphatic rings. The van der Waals surface area contributed by atoms with Crippen LogP contribution in [-0.2, 0) is 85.8 Å². The van der Waals surface area contributed by atoms with Crippen molar-refractivity contribution in [1.29, 1.82) is 0 Å². The van der Waals surface area contributed by atoms with Crippen LogP contribution in [0.5, 0.6) is 0 Å². The second kappa shape index (κ2) is 12.5. The average Bonchev–Trinajstić information content (AvgIpc) is 2.53. The molecule has 0 amide bonds. The third-order valence-electron chi connectivity index (χ3n) is 3.12. The Morgan fingerprint density at radius 3 is 0.778 bits per heavy atom. The van der Waals surface area contributed by atoms with E-state index in [0.29, 0.717) is 37.5 Å². The maximum absolute atomic E-state index is 11.9. The van der Waals surface area contributed by atoms with Crippen molar-refractivity contribution in [1.82, 2.24) is 0 Å². The minimum atomic E-state index is -4.72. The van der Waals surface area contributed by atoms with Gasteiger partial charge in [-0.15, -0.1) is 0 Å². The van der Waals surface area contributed by atoms with E-state index in [0.717, 1.165) is 0 Å². The molecule has 0 fully saturated rings. The average molecular weight is 651 g/mol. The van der Waals surface area contributed by atoms with Crippen LogP contribution in [0.25, 0.3) is 0 Å². The molecule has 36 heavy (non-hydrogen) atoms. The van der Waals surface area contributed by atoms with Gasteiger partial charge in [0.15, 0.2) is 0 Å². The Morgan fingerprint density at radius 2 is 0.611 bits per heavy atom. The minimum absolute atomic E-state index is 0.395. The van der Waals surface area contributed by atoms with Gasteiger partial charge in [0.25, 0.3) is 60.7 Å². The highest BCUT2D eigenvalue weighted by Crippen LogP contribution is 2.24. The van der Waals surface area contributed by atoms with Gasteiger partial charge in [0.1, 0.15) is 24.4 Å². The summed E-state index contributed by atoms with van der Waals surface area (Å²) in [6.07, 6.45) is -7.16. The molecule has 0 aromatic rings. The first-order valence-electron chi connectivity index (χ1n) is 8.79. The summed E-state index contributed by atoms with van der Waals surface area (Å²) in [5, 5.41) is 0. The van der Waals surface area contributed by atoms with E-state index in [2.05, 4.69) is 25.1 Å². The molecule has 18 nitrogen and oxygen atoms in total. The van der Waals surface area contributed by atoms with E-state index in [9.17, 15) is 50.5 Å². The summed E-state index contributed by atoms with van der Waals surface area (Å²) in [6.45, 7) is -2.68. The van der Waals surface area contributed by atoms with Crippen LogP contribution in [0.15, 0.2) is 0 Å². The van der Waals surface area contributed by atoms with Gasteiger partial charge in [-0.3, -0.25) is 25.1 Å². The van der Waals surface area contributed by atoms with Crippen LogP contribution in [0.3, 0.4) is 0 Å². The van der Waals surface area contributed by atoms with Crippen LogP contribution >= 0.6 is 0 Å². The zero-order chi connectivity index (χ0) is 29.0.